The number of nitrogens with one attached hydrogen (secondary N) is 2. The molecule has 1 aliphatic carbocycles. The van der Waals surface area contributed by atoms with Crippen LogP contribution >= 0.6 is 0 Å². The quantitative estimate of drug-likeness (QED) is 0.845. The SMILES string of the molecule is CCNS(=O)(=O)c1ccccc1NC1CC(OC)C1(C)C. The van der Waals surface area contributed by atoms with Crippen molar-refractivity contribution >= 4 is 15.7 Å². The number of rotatable bonds is 6. The zero-order chi connectivity index (χ0) is 15.7. The molecule has 5 nitrogen and oxygen atoms in total. The molecule has 0 bridgehead atoms. The monoisotopic (exact) mass is 312 g/mol. The molecule has 0 radical (unpaired) electrons. The molecule has 2 N–H and O–H groups in total. The van der Waals surface area contributed by atoms with Crippen molar-refractivity contribution in [2.45, 2.75) is 44.2 Å². The van der Waals surface area contributed by atoms with E-state index in [1.54, 1.807) is 32.2 Å². The zero-order valence-corrected chi connectivity index (χ0v) is 13.8. The summed E-state index contributed by atoms with van der Waals surface area (Å²) in [6.45, 7) is 6.40. The molecule has 0 saturated heterocycles. The van der Waals surface area contributed by atoms with Crippen molar-refractivity contribution < 1.29 is 13.2 Å². The van der Waals surface area contributed by atoms with E-state index >= 15 is 0 Å². The summed E-state index contributed by atoms with van der Waals surface area (Å²) in [5.74, 6) is 0. The van der Waals surface area contributed by atoms with E-state index in [2.05, 4.69) is 23.9 Å². The van der Waals surface area contributed by atoms with Crippen molar-refractivity contribution in [2.24, 2.45) is 5.41 Å². The van der Waals surface area contributed by atoms with Gasteiger partial charge in [0.05, 0.1) is 11.8 Å². The summed E-state index contributed by atoms with van der Waals surface area (Å²) in [5.41, 5.74) is 0.621. The number of benzene rings is 1. The fraction of sp³-hybridized carbons (Fsp3) is 0.600. The van der Waals surface area contributed by atoms with Gasteiger partial charge in [0.2, 0.25) is 10.0 Å². The molecular weight excluding hydrogens is 288 g/mol. The Balaban J connectivity index is 2.23. The van der Waals surface area contributed by atoms with Gasteiger partial charge in [-0.2, -0.15) is 0 Å². The Bertz CT molecular complexity index is 599. The molecule has 0 aliphatic heterocycles. The van der Waals surface area contributed by atoms with Gasteiger partial charge in [0.25, 0.3) is 0 Å². The highest BCUT2D eigenvalue weighted by Crippen LogP contribution is 2.44. The van der Waals surface area contributed by atoms with Crippen LogP contribution in [0.3, 0.4) is 0 Å². The lowest BCUT2D eigenvalue weighted by Crippen LogP contribution is -2.57. The first kappa shape index (κ1) is 16.3. The molecular formula is C15H24N2O3S. The third kappa shape index (κ3) is 3.07. The normalized spacial score (nSPS) is 24.4. The summed E-state index contributed by atoms with van der Waals surface area (Å²) < 4.78 is 32.5. The van der Waals surface area contributed by atoms with Crippen LogP contribution in [-0.2, 0) is 14.8 Å². The zero-order valence-electron chi connectivity index (χ0n) is 13.0. The smallest absolute Gasteiger partial charge is 0.242 e. The van der Waals surface area contributed by atoms with Gasteiger partial charge in [-0.05, 0) is 18.6 Å². The van der Waals surface area contributed by atoms with E-state index < -0.39 is 10.0 Å². The summed E-state index contributed by atoms with van der Waals surface area (Å²) in [4.78, 5) is 0.295. The summed E-state index contributed by atoms with van der Waals surface area (Å²) in [6.07, 6.45) is 1.08. The van der Waals surface area contributed by atoms with Crippen molar-refractivity contribution in [3.63, 3.8) is 0 Å². The molecule has 0 aromatic heterocycles. The molecule has 1 aromatic carbocycles. The first-order chi connectivity index (χ1) is 9.82. The molecule has 1 aromatic rings. The van der Waals surface area contributed by atoms with Gasteiger partial charge in [-0.1, -0.05) is 32.9 Å². The first-order valence-electron chi connectivity index (χ1n) is 7.21. The highest BCUT2D eigenvalue weighted by Gasteiger charge is 2.48. The molecule has 21 heavy (non-hydrogen) atoms. The van der Waals surface area contributed by atoms with E-state index in [1.165, 1.54) is 0 Å². The van der Waals surface area contributed by atoms with Crippen molar-refractivity contribution in [3.05, 3.63) is 24.3 Å². The van der Waals surface area contributed by atoms with Gasteiger partial charge in [-0.3, -0.25) is 0 Å². The molecule has 1 aliphatic rings. The lowest BCUT2D eigenvalue weighted by Gasteiger charge is -2.51. The van der Waals surface area contributed by atoms with Gasteiger partial charge in [-0.25, -0.2) is 13.1 Å². The van der Waals surface area contributed by atoms with Crippen molar-refractivity contribution in [1.29, 1.82) is 0 Å². The minimum Gasteiger partial charge on any atom is -0.381 e. The third-order valence-electron chi connectivity index (χ3n) is 4.30. The maximum absolute atomic E-state index is 12.2. The highest BCUT2D eigenvalue weighted by atomic mass is 32.2. The van der Waals surface area contributed by atoms with Crippen LogP contribution < -0.4 is 10.0 Å². The standard InChI is InChI=1S/C15H24N2O3S/c1-5-16-21(18,19)12-9-7-6-8-11(12)17-13-10-14(20-4)15(13,2)3/h6-9,13-14,16-17H,5,10H2,1-4H3. The van der Waals surface area contributed by atoms with Crippen LogP contribution in [0.5, 0.6) is 0 Å². The second kappa shape index (κ2) is 5.94. The van der Waals surface area contributed by atoms with E-state index in [0.717, 1.165) is 6.42 Å². The molecule has 6 heteroatoms. The van der Waals surface area contributed by atoms with Crippen LogP contribution in [0, 0.1) is 5.41 Å². The predicted octanol–water partition coefficient (Wildman–Crippen LogP) is 2.21. The van der Waals surface area contributed by atoms with Crippen molar-refractivity contribution in [1.82, 2.24) is 4.72 Å². The van der Waals surface area contributed by atoms with Gasteiger partial charge in [0, 0.05) is 25.1 Å². The van der Waals surface area contributed by atoms with Gasteiger partial charge < -0.3 is 10.1 Å². The van der Waals surface area contributed by atoms with Crippen LogP contribution in [-0.4, -0.2) is 34.2 Å². The third-order valence-corrected chi connectivity index (χ3v) is 5.91. The van der Waals surface area contributed by atoms with Crippen molar-refractivity contribution in [2.75, 3.05) is 19.0 Å². The van der Waals surface area contributed by atoms with E-state index in [1.807, 2.05) is 6.07 Å². The summed E-state index contributed by atoms with van der Waals surface area (Å²) >= 11 is 0. The number of anilines is 1. The number of methoxy groups -OCH3 is 1. The lowest BCUT2D eigenvalue weighted by atomic mass is 9.64. The van der Waals surface area contributed by atoms with Crippen LogP contribution in [0.25, 0.3) is 0 Å². The molecule has 2 rings (SSSR count). The Labute approximate surface area is 127 Å². The van der Waals surface area contributed by atoms with Crippen LogP contribution in [0.15, 0.2) is 29.2 Å². The molecule has 2 atom stereocenters. The van der Waals surface area contributed by atoms with E-state index in [0.29, 0.717) is 17.1 Å². The lowest BCUT2D eigenvalue weighted by molar-refractivity contribution is -0.0795. The molecule has 1 fully saturated rings. The van der Waals surface area contributed by atoms with Gasteiger partial charge in [-0.15, -0.1) is 0 Å². The molecule has 118 valence electrons. The average Bonchev–Trinajstić information content (AvgIpc) is 2.43. The van der Waals surface area contributed by atoms with Crippen LogP contribution in [0.1, 0.15) is 27.2 Å². The Kier molecular flexibility index (Phi) is 4.60. The van der Waals surface area contributed by atoms with Gasteiger partial charge in [0.1, 0.15) is 4.90 Å². The minimum atomic E-state index is -3.47. The first-order valence-corrected chi connectivity index (χ1v) is 8.69. The maximum atomic E-state index is 12.2. The second-order valence-electron chi connectivity index (χ2n) is 5.98. The number of sulfonamides is 1. The molecule has 1 saturated carbocycles. The molecule has 0 spiro atoms. The number of hydrogen-bond donors (Lipinski definition) is 2. The number of hydrogen-bond acceptors (Lipinski definition) is 4. The minimum absolute atomic E-state index is 0.0240. The fourth-order valence-electron chi connectivity index (χ4n) is 2.81. The Hall–Kier alpha value is -1.11. The second-order valence-corrected chi connectivity index (χ2v) is 7.71. The largest absolute Gasteiger partial charge is 0.381 e. The van der Waals surface area contributed by atoms with E-state index in [4.69, 9.17) is 4.74 Å². The average molecular weight is 312 g/mol. The van der Waals surface area contributed by atoms with E-state index in [9.17, 15) is 8.42 Å². The summed E-state index contributed by atoms with van der Waals surface area (Å²) in [7, 11) is -1.76. The molecule has 0 heterocycles. The van der Waals surface area contributed by atoms with Crippen molar-refractivity contribution in [3.8, 4) is 0 Å². The number of para-hydroxylation sites is 1. The molecule has 0 amide bonds. The Morgan fingerprint density at radius 1 is 1.33 bits per heavy atom. The van der Waals surface area contributed by atoms with E-state index in [-0.39, 0.29) is 17.6 Å². The van der Waals surface area contributed by atoms with Crippen LogP contribution in [0.2, 0.25) is 0 Å². The Morgan fingerprint density at radius 2 is 2.00 bits per heavy atom. The fourth-order valence-corrected chi connectivity index (χ4v) is 4.02. The van der Waals surface area contributed by atoms with Crippen LogP contribution in [0.4, 0.5) is 5.69 Å². The number of ether oxygens (including phenoxy) is 1. The predicted molar refractivity (Wildman–Crippen MR) is 83.9 cm³/mol. The van der Waals surface area contributed by atoms with Gasteiger partial charge >= 0.3 is 0 Å². The topological polar surface area (TPSA) is 67.4 Å². The van der Waals surface area contributed by atoms with Gasteiger partial charge in [0.15, 0.2) is 0 Å². The summed E-state index contributed by atoms with van der Waals surface area (Å²) in [5, 5.41) is 3.37. The summed E-state index contributed by atoms with van der Waals surface area (Å²) in [6, 6.07) is 7.20. The maximum Gasteiger partial charge on any atom is 0.242 e. The Morgan fingerprint density at radius 3 is 2.57 bits per heavy atom. The molecule has 2 unspecified atom stereocenters. The highest BCUT2D eigenvalue weighted by molar-refractivity contribution is 7.89.